The Kier molecular flexibility index (Phi) is 3.59. The summed E-state index contributed by atoms with van der Waals surface area (Å²) in [7, 11) is -4.33. The van der Waals surface area contributed by atoms with Gasteiger partial charge in [0.05, 0.1) is 11.3 Å². The Balaban J connectivity index is 2.73. The van der Waals surface area contributed by atoms with Crippen molar-refractivity contribution in [1.29, 1.82) is 0 Å². The second-order valence-corrected chi connectivity index (χ2v) is 4.73. The van der Waals surface area contributed by atoms with Crippen LogP contribution in [0.2, 0.25) is 0 Å². The summed E-state index contributed by atoms with van der Waals surface area (Å²) in [5, 5.41) is 0. The molecule has 0 aromatic heterocycles. The highest BCUT2D eigenvalue weighted by Gasteiger charge is 2.29. The summed E-state index contributed by atoms with van der Waals surface area (Å²) in [4.78, 5) is 0. The Morgan fingerprint density at radius 2 is 1.56 bits per heavy atom. The summed E-state index contributed by atoms with van der Waals surface area (Å²) in [6, 6.07) is 4.03. The molecule has 0 unspecified atom stereocenters. The number of rotatable bonds is 3. The van der Waals surface area contributed by atoms with Gasteiger partial charge in [-0.3, -0.25) is 0 Å². The monoisotopic (exact) mass is 253 g/mol. The van der Waals surface area contributed by atoms with Crippen molar-refractivity contribution in [3.8, 4) is 0 Å². The van der Waals surface area contributed by atoms with Crippen LogP contribution in [0.25, 0.3) is 0 Å². The van der Waals surface area contributed by atoms with E-state index in [9.17, 15) is 26.1 Å². The first-order chi connectivity index (χ1) is 7.18. The number of benzene rings is 1. The van der Waals surface area contributed by atoms with E-state index in [2.05, 4.69) is 0 Å². The maximum absolute atomic E-state index is 12.1. The molecule has 0 aliphatic rings. The van der Waals surface area contributed by atoms with Gasteiger partial charge in [0.1, 0.15) is 0 Å². The molecule has 3 nitrogen and oxygen atoms in total. The zero-order valence-corrected chi connectivity index (χ0v) is 8.81. The Morgan fingerprint density at radius 3 is 1.94 bits per heavy atom. The van der Waals surface area contributed by atoms with Crippen LogP contribution in [-0.4, -0.2) is 14.2 Å². The second kappa shape index (κ2) is 4.42. The lowest BCUT2D eigenvalue weighted by atomic mass is 10.1. The molecule has 16 heavy (non-hydrogen) atoms. The molecule has 1 rings (SSSR count). The van der Waals surface area contributed by atoms with Gasteiger partial charge in [-0.25, -0.2) is 0 Å². The first kappa shape index (κ1) is 13.0. The lowest BCUT2D eigenvalue weighted by Gasteiger charge is -2.06. The zero-order chi connectivity index (χ0) is 12.4. The van der Waals surface area contributed by atoms with E-state index in [4.69, 9.17) is 0 Å². The highest BCUT2D eigenvalue weighted by Crippen LogP contribution is 2.29. The van der Waals surface area contributed by atoms with Crippen LogP contribution in [0.1, 0.15) is 11.1 Å². The quantitative estimate of drug-likeness (QED) is 0.827. The fraction of sp³-hybridized carbons (Fsp3) is 0.333. The molecule has 0 aliphatic heterocycles. The van der Waals surface area contributed by atoms with Gasteiger partial charge in [-0.05, 0) is 24.1 Å². The van der Waals surface area contributed by atoms with Crippen molar-refractivity contribution >= 4 is 10.1 Å². The predicted octanol–water partition coefficient (Wildman–Crippen LogP) is 2.01. The van der Waals surface area contributed by atoms with Gasteiger partial charge in [-0.2, -0.15) is 21.6 Å². The molecular formula is C9H8F3O3S. The fourth-order valence-electron chi connectivity index (χ4n) is 1.10. The molecule has 0 aliphatic carbocycles. The molecule has 0 fully saturated rings. The maximum Gasteiger partial charge on any atom is 0.416 e. The molecule has 89 valence electrons. The van der Waals surface area contributed by atoms with Crippen molar-refractivity contribution in [3.63, 3.8) is 0 Å². The van der Waals surface area contributed by atoms with Crippen molar-refractivity contribution in [1.82, 2.24) is 0 Å². The first-order valence-corrected chi connectivity index (χ1v) is 5.86. The number of halogens is 3. The third-order valence-electron chi connectivity index (χ3n) is 1.92. The van der Waals surface area contributed by atoms with Gasteiger partial charge in [0, 0.05) is 0 Å². The molecule has 0 heterocycles. The van der Waals surface area contributed by atoms with Crippen LogP contribution in [0.5, 0.6) is 0 Å². The summed E-state index contributed by atoms with van der Waals surface area (Å²) in [6.07, 6.45) is -4.49. The molecule has 0 N–H and O–H groups in total. The van der Waals surface area contributed by atoms with E-state index in [1.807, 2.05) is 0 Å². The third kappa shape index (κ3) is 4.19. The lowest BCUT2D eigenvalue weighted by Crippen LogP contribution is -2.07. The van der Waals surface area contributed by atoms with Gasteiger partial charge in [-0.1, -0.05) is 16.7 Å². The number of aryl methyl sites for hydroxylation is 1. The topological polar surface area (TPSA) is 54.0 Å². The van der Waals surface area contributed by atoms with Crippen LogP contribution in [0.4, 0.5) is 13.2 Å². The second-order valence-electron chi connectivity index (χ2n) is 3.21. The average Bonchev–Trinajstić information content (AvgIpc) is 2.13. The number of hydrogen-bond donors (Lipinski definition) is 0. The highest BCUT2D eigenvalue weighted by atomic mass is 32.2. The molecule has 7 heteroatoms. The van der Waals surface area contributed by atoms with E-state index in [-0.39, 0.29) is 6.42 Å². The normalized spacial score (nSPS) is 12.8. The van der Waals surface area contributed by atoms with Crippen molar-refractivity contribution in [2.24, 2.45) is 0 Å². The van der Waals surface area contributed by atoms with Crippen LogP contribution < -0.4 is 0 Å². The van der Waals surface area contributed by atoms with Gasteiger partial charge in [-0.15, -0.1) is 0 Å². The lowest BCUT2D eigenvalue weighted by molar-refractivity contribution is -0.137. The van der Waals surface area contributed by atoms with Gasteiger partial charge in [0.25, 0.3) is 10.1 Å². The number of alkyl halides is 3. The van der Waals surface area contributed by atoms with Crippen LogP contribution in [0.3, 0.4) is 0 Å². The standard InChI is InChI=1S/C9H8F3O3S/c10-9(11,12)8-3-1-7(2-4-8)5-6-16(13,14)15/h1-4H,5-6H2. The Bertz CT molecular complexity index is 448. The van der Waals surface area contributed by atoms with Crippen LogP contribution >= 0.6 is 0 Å². The summed E-state index contributed by atoms with van der Waals surface area (Å²) in [6.45, 7) is 0. The van der Waals surface area contributed by atoms with Gasteiger partial charge in [0.2, 0.25) is 0 Å². The van der Waals surface area contributed by atoms with Crippen molar-refractivity contribution in [2.45, 2.75) is 12.6 Å². The van der Waals surface area contributed by atoms with Crippen molar-refractivity contribution < 1.29 is 26.1 Å². The highest BCUT2D eigenvalue weighted by molar-refractivity contribution is 7.85. The van der Waals surface area contributed by atoms with Crippen LogP contribution in [-0.2, 0) is 27.3 Å². The maximum atomic E-state index is 12.1. The van der Waals surface area contributed by atoms with E-state index in [0.29, 0.717) is 5.56 Å². The minimum atomic E-state index is -4.41. The summed E-state index contributed by atoms with van der Waals surface area (Å²) >= 11 is 0. The smallest absolute Gasteiger partial charge is 0.197 e. The first-order valence-electron chi connectivity index (χ1n) is 4.28. The summed E-state index contributed by atoms with van der Waals surface area (Å²) < 4.78 is 67.3. The SMILES string of the molecule is [O]S(=O)(=O)CCc1ccc(C(F)(F)F)cc1. The molecule has 0 spiro atoms. The van der Waals surface area contributed by atoms with Crippen molar-refractivity contribution in [2.75, 3.05) is 5.75 Å². The van der Waals surface area contributed by atoms with Gasteiger partial charge >= 0.3 is 6.18 Å². The third-order valence-corrected chi connectivity index (χ3v) is 2.63. The van der Waals surface area contributed by atoms with E-state index >= 15 is 0 Å². The van der Waals surface area contributed by atoms with Crippen molar-refractivity contribution in [3.05, 3.63) is 35.4 Å². The minimum Gasteiger partial charge on any atom is -0.197 e. The predicted molar refractivity (Wildman–Crippen MR) is 49.6 cm³/mol. The van der Waals surface area contributed by atoms with Crippen LogP contribution in [0, 0.1) is 0 Å². The minimum absolute atomic E-state index is 0.0794. The molecule has 1 aromatic rings. The Morgan fingerprint density at radius 1 is 1.06 bits per heavy atom. The fourth-order valence-corrected chi connectivity index (χ4v) is 1.59. The Hall–Kier alpha value is -1.08. The molecule has 0 atom stereocenters. The van der Waals surface area contributed by atoms with Gasteiger partial charge in [0.15, 0.2) is 0 Å². The molecule has 1 radical (unpaired) electrons. The molecule has 0 saturated heterocycles. The molecule has 0 saturated carbocycles. The zero-order valence-electron chi connectivity index (χ0n) is 7.99. The van der Waals surface area contributed by atoms with Crippen LogP contribution in [0.15, 0.2) is 24.3 Å². The average molecular weight is 253 g/mol. The summed E-state index contributed by atoms with van der Waals surface area (Å²) in [5.41, 5.74) is -0.423. The molecule has 1 aromatic carbocycles. The van der Waals surface area contributed by atoms with E-state index < -0.39 is 27.6 Å². The summed E-state index contributed by atoms with van der Waals surface area (Å²) in [5.74, 6) is -0.613. The molecule has 0 bridgehead atoms. The largest absolute Gasteiger partial charge is 0.416 e. The number of hydrogen-bond acceptors (Lipinski definition) is 2. The molecular weight excluding hydrogens is 245 g/mol. The van der Waals surface area contributed by atoms with E-state index in [1.165, 1.54) is 0 Å². The molecule has 0 amide bonds. The van der Waals surface area contributed by atoms with E-state index in [1.54, 1.807) is 0 Å². The Labute approximate surface area is 90.7 Å². The van der Waals surface area contributed by atoms with E-state index in [0.717, 1.165) is 24.3 Å². The van der Waals surface area contributed by atoms with Gasteiger partial charge < -0.3 is 0 Å².